The number of esters is 1. The second-order valence-electron chi connectivity index (χ2n) is 8.74. The van der Waals surface area contributed by atoms with Gasteiger partial charge in [0, 0.05) is 18.5 Å². The van der Waals surface area contributed by atoms with Crippen LogP contribution in [0.1, 0.15) is 39.2 Å². The zero-order chi connectivity index (χ0) is 19.0. The lowest BCUT2D eigenvalue weighted by Crippen LogP contribution is -2.69. The highest BCUT2D eigenvalue weighted by Gasteiger charge is 2.64. The first-order chi connectivity index (χ1) is 12.2. The van der Waals surface area contributed by atoms with Gasteiger partial charge in [-0.3, -0.25) is 4.79 Å². The Bertz CT molecular complexity index is 675. The van der Waals surface area contributed by atoms with E-state index in [0.717, 1.165) is 5.56 Å². The molecule has 6 nitrogen and oxygen atoms in total. The Morgan fingerprint density at radius 3 is 2.38 bits per heavy atom. The Labute approximate surface area is 154 Å². The van der Waals surface area contributed by atoms with E-state index in [1.165, 1.54) is 0 Å². The minimum atomic E-state index is -0.656. The second-order valence-corrected chi connectivity index (χ2v) is 8.74. The molecule has 0 atom stereocenters. The van der Waals surface area contributed by atoms with Crippen molar-refractivity contribution >= 4 is 12.1 Å². The minimum absolute atomic E-state index is 0.207. The predicted molar refractivity (Wildman–Crippen MR) is 97.2 cm³/mol. The molecule has 1 saturated carbocycles. The number of amides is 1. The molecule has 6 heteroatoms. The number of hydrogen-bond acceptors (Lipinski definition) is 5. The maximum Gasteiger partial charge on any atom is 0.410 e. The van der Waals surface area contributed by atoms with E-state index in [1.807, 2.05) is 51.1 Å². The summed E-state index contributed by atoms with van der Waals surface area (Å²) in [6.45, 7) is 7.07. The lowest BCUT2D eigenvalue weighted by Gasteiger charge is -2.61. The largest absolute Gasteiger partial charge is 0.459 e. The highest BCUT2D eigenvalue weighted by molar-refractivity contribution is 5.81. The predicted octanol–water partition coefficient (Wildman–Crippen LogP) is 2.71. The van der Waals surface area contributed by atoms with Crippen molar-refractivity contribution < 1.29 is 19.1 Å². The lowest BCUT2D eigenvalue weighted by atomic mass is 9.49. The summed E-state index contributed by atoms with van der Waals surface area (Å²) >= 11 is 0. The standard InChI is InChI=1S/C20H28N2O4/c1-18(2,3)26-16(23)20-10-19(11-20,12-21)13-22(14-20)17(24)25-9-15-7-5-4-6-8-15/h4-8H,9-14,21H2,1-3H3. The summed E-state index contributed by atoms with van der Waals surface area (Å²) in [5.41, 5.74) is 5.47. The summed E-state index contributed by atoms with van der Waals surface area (Å²) in [5, 5.41) is 0. The molecule has 0 aromatic heterocycles. The number of rotatable bonds is 4. The van der Waals surface area contributed by atoms with Crippen LogP contribution in [-0.2, 0) is 20.9 Å². The van der Waals surface area contributed by atoms with Gasteiger partial charge in [0.05, 0.1) is 5.41 Å². The minimum Gasteiger partial charge on any atom is -0.459 e. The van der Waals surface area contributed by atoms with E-state index in [1.54, 1.807) is 4.90 Å². The monoisotopic (exact) mass is 360 g/mol. The van der Waals surface area contributed by atoms with Gasteiger partial charge < -0.3 is 20.1 Å². The Morgan fingerprint density at radius 1 is 1.15 bits per heavy atom. The number of carbonyl (C=O) groups excluding carboxylic acids is 2. The van der Waals surface area contributed by atoms with Crippen molar-refractivity contribution in [1.82, 2.24) is 4.90 Å². The van der Waals surface area contributed by atoms with E-state index >= 15 is 0 Å². The molecule has 0 radical (unpaired) electrons. The number of benzene rings is 1. The van der Waals surface area contributed by atoms with Crippen LogP contribution in [-0.4, -0.2) is 42.2 Å². The maximum absolute atomic E-state index is 12.7. The molecule has 0 unspecified atom stereocenters. The van der Waals surface area contributed by atoms with Gasteiger partial charge in [-0.05, 0) is 45.7 Å². The molecule has 2 saturated heterocycles. The molecule has 3 fully saturated rings. The normalized spacial score (nSPS) is 27.5. The van der Waals surface area contributed by atoms with E-state index in [9.17, 15) is 9.59 Å². The summed E-state index contributed by atoms with van der Waals surface area (Å²) in [6, 6.07) is 9.54. The van der Waals surface area contributed by atoms with Gasteiger partial charge in [-0.15, -0.1) is 0 Å². The molecule has 2 heterocycles. The van der Waals surface area contributed by atoms with Crippen molar-refractivity contribution in [1.29, 1.82) is 0 Å². The maximum atomic E-state index is 12.7. The quantitative estimate of drug-likeness (QED) is 0.835. The number of nitrogens with two attached hydrogens (primary N) is 1. The van der Waals surface area contributed by atoms with Crippen molar-refractivity contribution in [2.75, 3.05) is 19.6 Å². The third-order valence-electron chi connectivity index (χ3n) is 5.17. The molecule has 142 valence electrons. The summed E-state index contributed by atoms with van der Waals surface area (Å²) in [5.74, 6) is -0.241. The van der Waals surface area contributed by atoms with E-state index in [0.29, 0.717) is 32.5 Å². The highest BCUT2D eigenvalue weighted by atomic mass is 16.6. The van der Waals surface area contributed by atoms with Crippen LogP contribution < -0.4 is 5.73 Å². The second kappa shape index (κ2) is 6.58. The molecule has 1 aliphatic carbocycles. The zero-order valence-electron chi connectivity index (χ0n) is 15.8. The molecular weight excluding hydrogens is 332 g/mol. The fourth-order valence-corrected chi connectivity index (χ4v) is 4.18. The SMILES string of the molecule is CC(C)(C)OC(=O)C12CN(C(=O)OCc3ccccc3)CC(CN)(C1)C2. The van der Waals surface area contributed by atoms with Crippen molar-refractivity contribution in [3.05, 3.63) is 35.9 Å². The summed E-state index contributed by atoms with van der Waals surface area (Å²) < 4.78 is 11.1. The first kappa shape index (κ1) is 18.7. The van der Waals surface area contributed by atoms with Gasteiger partial charge in [-0.2, -0.15) is 0 Å². The topological polar surface area (TPSA) is 81.9 Å². The Kier molecular flexibility index (Phi) is 4.73. The van der Waals surface area contributed by atoms with Crippen LogP contribution in [0, 0.1) is 10.8 Å². The van der Waals surface area contributed by atoms with Gasteiger partial charge in [0.1, 0.15) is 12.2 Å². The number of fused-ring (bicyclic) bond motifs is 2. The summed E-state index contributed by atoms with van der Waals surface area (Å²) in [6.07, 6.45) is 0.945. The number of piperidine rings is 2. The van der Waals surface area contributed by atoms with Gasteiger partial charge in [0.25, 0.3) is 0 Å². The molecule has 0 spiro atoms. The number of nitrogens with zero attached hydrogens (tertiary/aromatic N) is 1. The smallest absolute Gasteiger partial charge is 0.410 e. The van der Waals surface area contributed by atoms with E-state index in [4.69, 9.17) is 15.2 Å². The molecule has 2 aliphatic heterocycles. The Balaban J connectivity index is 1.67. The van der Waals surface area contributed by atoms with Gasteiger partial charge in [0.2, 0.25) is 0 Å². The van der Waals surface area contributed by atoms with Crippen LogP contribution in [0.3, 0.4) is 0 Å². The van der Waals surface area contributed by atoms with E-state index in [2.05, 4.69) is 0 Å². The Hall–Kier alpha value is -2.08. The average Bonchev–Trinajstić information content (AvgIpc) is 2.58. The fraction of sp³-hybridized carbons (Fsp3) is 0.600. The molecule has 1 amide bonds. The van der Waals surface area contributed by atoms with Crippen LogP contribution in [0.25, 0.3) is 0 Å². The van der Waals surface area contributed by atoms with Crippen LogP contribution >= 0.6 is 0 Å². The summed E-state index contributed by atoms with van der Waals surface area (Å²) in [7, 11) is 0. The van der Waals surface area contributed by atoms with Gasteiger partial charge in [-0.1, -0.05) is 30.3 Å². The van der Waals surface area contributed by atoms with Crippen molar-refractivity contribution in [3.8, 4) is 0 Å². The lowest BCUT2D eigenvalue weighted by molar-refractivity contribution is -0.197. The average molecular weight is 360 g/mol. The third-order valence-corrected chi connectivity index (χ3v) is 5.17. The molecule has 4 rings (SSSR count). The first-order valence-electron chi connectivity index (χ1n) is 9.06. The summed E-state index contributed by atoms with van der Waals surface area (Å²) in [4.78, 5) is 26.9. The van der Waals surface area contributed by atoms with Crippen LogP contribution in [0.15, 0.2) is 30.3 Å². The van der Waals surface area contributed by atoms with Gasteiger partial charge in [-0.25, -0.2) is 4.79 Å². The number of carbonyl (C=O) groups is 2. The Morgan fingerprint density at radius 2 is 1.81 bits per heavy atom. The van der Waals surface area contributed by atoms with Crippen molar-refractivity contribution in [2.45, 2.75) is 45.8 Å². The molecule has 26 heavy (non-hydrogen) atoms. The van der Waals surface area contributed by atoms with Gasteiger partial charge >= 0.3 is 12.1 Å². The number of ether oxygens (including phenoxy) is 2. The molecule has 1 aromatic rings. The van der Waals surface area contributed by atoms with E-state index in [-0.39, 0.29) is 18.0 Å². The van der Waals surface area contributed by atoms with Crippen LogP contribution in [0.4, 0.5) is 4.79 Å². The zero-order valence-corrected chi connectivity index (χ0v) is 15.8. The molecular formula is C20H28N2O4. The first-order valence-corrected chi connectivity index (χ1v) is 9.06. The molecule has 2 N–H and O–H groups in total. The van der Waals surface area contributed by atoms with Gasteiger partial charge in [0.15, 0.2) is 0 Å². The molecule has 3 aliphatic rings. The molecule has 1 aromatic carbocycles. The molecule has 2 bridgehead atoms. The van der Waals surface area contributed by atoms with Crippen LogP contribution in [0.2, 0.25) is 0 Å². The van der Waals surface area contributed by atoms with E-state index < -0.39 is 17.1 Å². The van der Waals surface area contributed by atoms with Crippen molar-refractivity contribution in [2.24, 2.45) is 16.6 Å². The highest BCUT2D eigenvalue weighted by Crippen LogP contribution is 2.59. The van der Waals surface area contributed by atoms with Crippen LogP contribution in [0.5, 0.6) is 0 Å². The fourth-order valence-electron chi connectivity index (χ4n) is 4.18. The third kappa shape index (κ3) is 3.70. The number of hydrogen-bond donors (Lipinski definition) is 1. The van der Waals surface area contributed by atoms with Crippen molar-refractivity contribution in [3.63, 3.8) is 0 Å².